The number of hydrogen-bond donors (Lipinski definition) is 0. The first-order valence-electron chi connectivity index (χ1n) is 14.6. The van der Waals surface area contributed by atoms with Crippen molar-refractivity contribution in [1.82, 2.24) is 18.9 Å². The SMILES string of the molecule is c1ccc(-n2c3cc(Oc4ccc5c6ccccc6n6ccnc6c5c4)ccc3c3cc4c(cc32)sc2ccccc24)nc1. The zero-order valence-corrected chi connectivity index (χ0v) is 24.1. The van der Waals surface area contributed by atoms with Crippen molar-refractivity contribution in [3.63, 3.8) is 0 Å². The van der Waals surface area contributed by atoms with E-state index in [1.807, 2.05) is 48.1 Å². The zero-order chi connectivity index (χ0) is 28.8. The minimum absolute atomic E-state index is 0.768. The fourth-order valence-corrected chi connectivity index (χ4v) is 7.88. The summed E-state index contributed by atoms with van der Waals surface area (Å²) in [5.74, 6) is 2.41. The van der Waals surface area contributed by atoms with Crippen molar-refractivity contribution >= 4 is 80.6 Å². The molecule has 10 aromatic rings. The first-order chi connectivity index (χ1) is 21.8. The summed E-state index contributed by atoms with van der Waals surface area (Å²) in [6, 6.07) is 40.5. The highest BCUT2D eigenvalue weighted by Gasteiger charge is 2.17. The Morgan fingerprint density at radius 3 is 2.18 bits per heavy atom. The molecule has 0 saturated carbocycles. The van der Waals surface area contributed by atoms with Crippen molar-refractivity contribution in [1.29, 1.82) is 0 Å². The number of aromatic nitrogens is 4. The molecule has 0 aliphatic carbocycles. The lowest BCUT2D eigenvalue weighted by Crippen LogP contribution is -1.96. The number of hydrogen-bond acceptors (Lipinski definition) is 4. The fourth-order valence-electron chi connectivity index (χ4n) is 6.76. The quantitative estimate of drug-likeness (QED) is 0.195. The predicted molar refractivity (Wildman–Crippen MR) is 182 cm³/mol. The van der Waals surface area contributed by atoms with Gasteiger partial charge in [-0.15, -0.1) is 11.3 Å². The maximum Gasteiger partial charge on any atom is 0.145 e. The number of ether oxygens (including phenoxy) is 1. The maximum atomic E-state index is 6.57. The van der Waals surface area contributed by atoms with Crippen molar-refractivity contribution in [2.75, 3.05) is 0 Å². The Morgan fingerprint density at radius 2 is 1.27 bits per heavy atom. The molecule has 0 fully saturated rings. The smallest absolute Gasteiger partial charge is 0.145 e. The van der Waals surface area contributed by atoms with Crippen LogP contribution in [0.1, 0.15) is 0 Å². The third kappa shape index (κ3) is 3.34. The van der Waals surface area contributed by atoms with E-state index in [9.17, 15) is 0 Å². The molecule has 0 radical (unpaired) electrons. The third-order valence-electron chi connectivity index (χ3n) is 8.68. The van der Waals surface area contributed by atoms with Crippen molar-refractivity contribution in [3.05, 3.63) is 134 Å². The molecule has 5 nitrogen and oxygen atoms in total. The van der Waals surface area contributed by atoms with E-state index in [1.54, 1.807) is 0 Å². The van der Waals surface area contributed by atoms with Crippen LogP contribution in [-0.2, 0) is 0 Å². The molecule has 0 unspecified atom stereocenters. The molecule has 0 amide bonds. The molecule has 10 rings (SSSR count). The van der Waals surface area contributed by atoms with Gasteiger partial charge in [0.2, 0.25) is 0 Å². The molecular weight excluding hydrogens is 561 g/mol. The number of nitrogens with zero attached hydrogens (tertiary/aromatic N) is 4. The Hall–Kier alpha value is -5.72. The average Bonchev–Trinajstić information content (AvgIpc) is 3.78. The van der Waals surface area contributed by atoms with Gasteiger partial charge in [-0.05, 0) is 72.1 Å². The minimum Gasteiger partial charge on any atom is -0.457 e. The van der Waals surface area contributed by atoms with E-state index in [1.165, 1.54) is 36.3 Å². The molecule has 6 heteroatoms. The maximum absolute atomic E-state index is 6.57. The minimum atomic E-state index is 0.768. The molecule has 0 saturated heterocycles. The van der Waals surface area contributed by atoms with Crippen LogP contribution in [0.4, 0.5) is 0 Å². The molecule has 5 heterocycles. The Kier molecular flexibility index (Phi) is 4.81. The van der Waals surface area contributed by atoms with Crippen LogP contribution in [0.2, 0.25) is 0 Å². The predicted octanol–water partition coefficient (Wildman–Crippen LogP) is 10.3. The van der Waals surface area contributed by atoms with E-state index in [0.29, 0.717) is 0 Å². The lowest BCUT2D eigenvalue weighted by atomic mass is 10.1. The van der Waals surface area contributed by atoms with Crippen LogP contribution in [0.5, 0.6) is 11.5 Å². The van der Waals surface area contributed by atoms with Gasteiger partial charge in [0.15, 0.2) is 0 Å². The second-order valence-electron chi connectivity index (χ2n) is 11.1. The van der Waals surface area contributed by atoms with Gasteiger partial charge in [0.05, 0.1) is 16.6 Å². The second kappa shape index (κ2) is 8.89. The molecular formula is C38H22N4OS. The summed E-state index contributed by atoms with van der Waals surface area (Å²) >= 11 is 1.83. The highest BCUT2D eigenvalue weighted by Crippen LogP contribution is 2.41. The molecule has 5 aromatic carbocycles. The van der Waals surface area contributed by atoms with E-state index in [2.05, 4.69) is 106 Å². The molecule has 206 valence electrons. The Labute approximate surface area is 254 Å². The van der Waals surface area contributed by atoms with Crippen molar-refractivity contribution in [3.8, 4) is 17.3 Å². The van der Waals surface area contributed by atoms with Crippen molar-refractivity contribution < 1.29 is 4.74 Å². The van der Waals surface area contributed by atoms with Crippen LogP contribution in [0, 0.1) is 0 Å². The topological polar surface area (TPSA) is 44.4 Å². The van der Waals surface area contributed by atoms with Crippen LogP contribution >= 0.6 is 11.3 Å². The first kappa shape index (κ1) is 23.8. The van der Waals surface area contributed by atoms with Crippen LogP contribution in [0.25, 0.3) is 75.1 Å². The first-order valence-corrected chi connectivity index (χ1v) is 15.4. The van der Waals surface area contributed by atoms with E-state index >= 15 is 0 Å². The third-order valence-corrected chi connectivity index (χ3v) is 9.81. The molecule has 44 heavy (non-hydrogen) atoms. The highest BCUT2D eigenvalue weighted by molar-refractivity contribution is 7.25. The summed E-state index contributed by atoms with van der Waals surface area (Å²) in [6.45, 7) is 0. The van der Waals surface area contributed by atoms with E-state index in [-0.39, 0.29) is 0 Å². The van der Waals surface area contributed by atoms with E-state index in [0.717, 1.165) is 50.3 Å². The summed E-state index contributed by atoms with van der Waals surface area (Å²) in [6.07, 6.45) is 5.72. The van der Waals surface area contributed by atoms with E-state index in [4.69, 9.17) is 14.7 Å². The fraction of sp³-hybridized carbons (Fsp3) is 0. The van der Waals surface area contributed by atoms with Gasteiger partial charge < -0.3 is 4.74 Å². The van der Waals surface area contributed by atoms with Gasteiger partial charge in [0.1, 0.15) is 23.0 Å². The molecule has 0 atom stereocenters. The van der Waals surface area contributed by atoms with Crippen LogP contribution < -0.4 is 4.74 Å². The van der Waals surface area contributed by atoms with Gasteiger partial charge in [-0.2, -0.15) is 0 Å². The zero-order valence-electron chi connectivity index (χ0n) is 23.3. The van der Waals surface area contributed by atoms with Crippen LogP contribution in [0.15, 0.2) is 134 Å². The van der Waals surface area contributed by atoms with E-state index < -0.39 is 0 Å². The summed E-state index contributed by atoms with van der Waals surface area (Å²) in [7, 11) is 0. The lowest BCUT2D eigenvalue weighted by Gasteiger charge is -2.11. The summed E-state index contributed by atoms with van der Waals surface area (Å²) in [5.41, 5.74) is 4.25. The number of fused-ring (bicyclic) bond motifs is 12. The van der Waals surface area contributed by atoms with Gasteiger partial charge in [0.25, 0.3) is 0 Å². The second-order valence-corrected chi connectivity index (χ2v) is 12.2. The molecule has 0 bridgehead atoms. The number of thiophene rings is 1. The number of benzene rings is 5. The molecule has 0 aliphatic heterocycles. The van der Waals surface area contributed by atoms with Gasteiger partial charge in [-0.25, -0.2) is 9.97 Å². The van der Waals surface area contributed by atoms with Crippen molar-refractivity contribution in [2.24, 2.45) is 0 Å². The molecule has 0 aliphatic rings. The van der Waals surface area contributed by atoms with Gasteiger partial charge in [-0.3, -0.25) is 8.97 Å². The average molecular weight is 583 g/mol. The number of para-hydroxylation sites is 1. The standard InChI is InChI=1S/C38H22N4OS/c1-3-9-32-26(7-1)25-14-12-23(19-31(25)38-40-17-18-41(32)38)43-24-13-15-27-29-21-30-28-8-2-4-10-35(28)44-36(30)22-34(29)42(33(27)20-24)37-11-5-6-16-39-37/h1-22H. The molecule has 0 spiro atoms. The van der Waals surface area contributed by atoms with Crippen LogP contribution in [-0.4, -0.2) is 18.9 Å². The normalized spacial score (nSPS) is 12.1. The number of rotatable bonds is 3. The monoisotopic (exact) mass is 582 g/mol. The van der Waals surface area contributed by atoms with Gasteiger partial charge in [0, 0.05) is 66.4 Å². The Morgan fingerprint density at radius 1 is 0.500 bits per heavy atom. The Balaban J connectivity index is 1.17. The van der Waals surface area contributed by atoms with Gasteiger partial charge in [-0.1, -0.05) is 42.5 Å². The summed E-state index contributed by atoms with van der Waals surface area (Å²) in [4.78, 5) is 9.45. The number of imidazole rings is 1. The van der Waals surface area contributed by atoms with Crippen molar-refractivity contribution in [2.45, 2.75) is 0 Å². The summed E-state index contributed by atoms with van der Waals surface area (Å²) in [5, 5.41) is 8.35. The summed E-state index contributed by atoms with van der Waals surface area (Å²) < 4.78 is 13.5. The highest BCUT2D eigenvalue weighted by atomic mass is 32.1. The molecule has 0 N–H and O–H groups in total. The Bertz CT molecular complexity index is 2750. The molecule has 5 aromatic heterocycles. The number of pyridine rings is 2. The van der Waals surface area contributed by atoms with Crippen LogP contribution in [0.3, 0.4) is 0 Å². The van der Waals surface area contributed by atoms with Gasteiger partial charge >= 0.3 is 0 Å². The largest absolute Gasteiger partial charge is 0.457 e. The lowest BCUT2D eigenvalue weighted by molar-refractivity contribution is 0.484.